The summed E-state index contributed by atoms with van der Waals surface area (Å²) < 4.78 is 5.60. The maximum atomic E-state index is 11.3. The molecule has 0 radical (unpaired) electrons. The van der Waals surface area contributed by atoms with E-state index >= 15 is 0 Å². The largest absolute Gasteiger partial charge is 0.479 e. The number of nitrogens with zero attached hydrogens (tertiary/aromatic N) is 1. The quantitative estimate of drug-likeness (QED) is 0.530. The Kier molecular flexibility index (Phi) is 2.00. The second kappa shape index (κ2) is 3.09. The van der Waals surface area contributed by atoms with Gasteiger partial charge in [0.1, 0.15) is 0 Å². The summed E-state index contributed by atoms with van der Waals surface area (Å²) in [6, 6.07) is 0. The van der Waals surface area contributed by atoms with Gasteiger partial charge in [-0.25, -0.2) is 29.1 Å². The van der Waals surface area contributed by atoms with Crippen molar-refractivity contribution in [3.63, 3.8) is 0 Å². The molecule has 8 nitrogen and oxygen atoms in total. The zero-order valence-electron chi connectivity index (χ0n) is 7.65. The van der Waals surface area contributed by atoms with Crippen LogP contribution in [0.2, 0.25) is 0 Å². The summed E-state index contributed by atoms with van der Waals surface area (Å²) in [6.45, 7) is 0.0343. The molecule has 0 amide bonds. The van der Waals surface area contributed by atoms with Crippen molar-refractivity contribution >= 4 is 5.97 Å². The van der Waals surface area contributed by atoms with Crippen LogP contribution in [0.5, 0.6) is 0 Å². The van der Waals surface area contributed by atoms with Crippen LogP contribution in [0.3, 0.4) is 0 Å². The number of carboxylic acids is 1. The van der Waals surface area contributed by atoms with Gasteiger partial charge < -0.3 is 9.84 Å². The molecule has 1 aliphatic heterocycles. The first-order valence-corrected chi connectivity index (χ1v) is 4.29. The normalized spacial score (nSPS) is 25.6. The second-order valence-corrected chi connectivity index (χ2v) is 3.34. The van der Waals surface area contributed by atoms with E-state index in [1.807, 2.05) is 10.2 Å². The predicted molar refractivity (Wildman–Crippen MR) is 46.7 cm³/mol. The third-order valence-corrected chi connectivity index (χ3v) is 2.51. The van der Waals surface area contributed by atoms with Gasteiger partial charge >= 0.3 is 17.3 Å². The smallest absolute Gasteiger partial charge is 0.345 e. The molecule has 0 aromatic carbocycles. The molecule has 0 spiro atoms. The molecule has 2 heterocycles. The van der Waals surface area contributed by atoms with Crippen LogP contribution in [0.4, 0.5) is 0 Å². The number of nitrogens with one attached hydrogen (secondary N) is 2. The van der Waals surface area contributed by atoms with Crippen LogP contribution < -0.4 is 11.4 Å². The zero-order chi connectivity index (χ0) is 11.1. The molecule has 1 saturated heterocycles. The first-order chi connectivity index (χ1) is 7.08. The van der Waals surface area contributed by atoms with Gasteiger partial charge in [0, 0.05) is 13.0 Å². The van der Waals surface area contributed by atoms with Gasteiger partial charge in [0.05, 0.1) is 6.61 Å². The van der Waals surface area contributed by atoms with Crippen LogP contribution >= 0.6 is 0 Å². The van der Waals surface area contributed by atoms with Gasteiger partial charge in [-0.15, -0.1) is 0 Å². The number of aromatic amines is 2. The summed E-state index contributed by atoms with van der Waals surface area (Å²) in [7, 11) is 0. The molecule has 0 saturated carbocycles. The van der Waals surface area contributed by atoms with E-state index in [0.29, 0.717) is 4.57 Å². The molecular weight excluding hydrogens is 206 g/mol. The number of aliphatic carboxylic acids is 1. The number of carbonyl (C=O) groups is 1. The van der Waals surface area contributed by atoms with Gasteiger partial charge in [-0.2, -0.15) is 0 Å². The first kappa shape index (κ1) is 9.71. The summed E-state index contributed by atoms with van der Waals surface area (Å²) in [6.07, 6.45) is 0.100. The predicted octanol–water partition coefficient (Wildman–Crippen LogP) is -1.94. The van der Waals surface area contributed by atoms with Gasteiger partial charge in [-0.3, -0.25) is 0 Å². The number of hydrogen-bond donors (Lipinski definition) is 3. The van der Waals surface area contributed by atoms with Gasteiger partial charge in [0.2, 0.25) is 0 Å². The summed E-state index contributed by atoms with van der Waals surface area (Å²) in [5.41, 5.74) is -3.12. The average molecular weight is 215 g/mol. The van der Waals surface area contributed by atoms with E-state index in [4.69, 9.17) is 9.84 Å². The zero-order valence-corrected chi connectivity index (χ0v) is 7.65. The third kappa shape index (κ3) is 1.22. The van der Waals surface area contributed by atoms with Crippen molar-refractivity contribution in [2.45, 2.75) is 12.0 Å². The molecule has 1 fully saturated rings. The fourth-order valence-electron chi connectivity index (χ4n) is 1.69. The van der Waals surface area contributed by atoms with E-state index in [9.17, 15) is 14.4 Å². The summed E-state index contributed by atoms with van der Waals surface area (Å²) in [4.78, 5) is 33.7. The minimum Gasteiger partial charge on any atom is -0.479 e. The molecule has 0 aliphatic carbocycles. The lowest BCUT2D eigenvalue weighted by Crippen LogP contribution is -2.51. The van der Waals surface area contributed by atoms with Gasteiger partial charge in [0.25, 0.3) is 0 Å². The van der Waals surface area contributed by atoms with Crippen molar-refractivity contribution in [2.75, 3.05) is 13.2 Å². The molecule has 15 heavy (non-hydrogen) atoms. The molecule has 1 aromatic heterocycles. The van der Waals surface area contributed by atoms with Crippen molar-refractivity contribution in [3.05, 3.63) is 21.0 Å². The monoisotopic (exact) mass is 215 g/mol. The molecule has 2 rings (SSSR count). The molecule has 1 atom stereocenters. The van der Waals surface area contributed by atoms with Crippen LogP contribution in [0.15, 0.2) is 9.59 Å². The van der Waals surface area contributed by atoms with Crippen LogP contribution in [0.1, 0.15) is 6.42 Å². The Balaban J connectivity index is 2.65. The van der Waals surface area contributed by atoms with Crippen molar-refractivity contribution < 1.29 is 14.6 Å². The molecule has 1 unspecified atom stereocenters. The molecule has 3 N–H and O–H groups in total. The Morgan fingerprint density at radius 3 is 2.40 bits per heavy atom. The Morgan fingerprint density at radius 1 is 1.40 bits per heavy atom. The van der Waals surface area contributed by atoms with E-state index in [1.165, 1.54) is 0 Å². The number of ether oxygens (including phenoxy) is 1. The SMILES string of the molecule is O=C(O)C1(n2c(=O)[nH][nH]c2=O)CCOC1. The Bertz CT molecular complexity index is 462. The standard InChI is InChI=1S/C7H9N3O5/c11-4(12)7(1-2-15-3-7)10-5(13)8-9-6(10)14/h1-3H2,(H,8,13)(H,9,14)(H,11,12). The fraction of sp³-hybridized carbons (Fsp3) is 0.571. The van der Waals surface area contributed by atoms with Gasteiger partial charge in [0.15, 0.2) is 5.54 Å². The van der Waals surface area contributed by atoms with Gasteiger partial charge in [-0.1, -0.05) is 0 Å². The molecule has 1 aromatic rings. The maximum absolute atomic E-state index is 11.3. The minimum absolute atomic E-state index is 0.100. The number of hydrogen-bond acceptors (Lipinski definition) is 4. The van der Waals surface area contributed by atoms with Crippen LogP contribution in [-0.4, -0.2) is 39.1 Å². The highest BCUT2D eigenvalue weighted by Crippen LogP contribution is 2.24. The highest BCUT2D eigenvalue weighted by molar-refractivity contribution is 5.77. The third-order valence-electron chi connectivity index (χ3n) is 2.51. The van der Waals surface area contributed by atoms with E-state index in [0.717, 1.165) is 0 Å². The number of rotatable bonds is 2. The fourth-order valence-corrected chi connectivity index (χ4v) is 1.69. The van der Waals surface area contributed by atoms with Crippen molar-refractivity contribution in [3.8, 4) is 0 Å². The molecule has 1 aliphatic rings. The summed E-state index contributed by atoms with van der Waals surface area (Å²) in [5, 5.41) is 13.2. The summed E-state index contributed by atoms with van der Waals surface area (Å²) >= 11 is 0. The van der Waals surface area contributed by atoms with Crippen LogP contribution in [-0.2, 0) is 15.1 Å². The minimum atomic E-state index is -1.58. The highest BCUT2D eigenvalue weighted by Gasteiger charge is 2.47. The molecule has 8 heteroatoms. The highest BCUT2D eigenvalue weighted by atomic mass is 16.5. The lowest BCUT2D eigenvalue weighted by atomic mass is 9.99. The number of H-pyrrole nitrogens is 2. The molecule has 82 valence electrons. The van der Waals surface area contributed by atoms with Crippen LogP contribution in [0.25, 0.3) is 0 Å². The van der Waals surface area contributed by atoms with E-state index in [-0.39, 0.29) is 19.6 Å². The lowest BCUT2D eigenvalue weighted by molar-refractivity contribution is -0.147. The van der Waals surface area contributed by atoms with Crippen molar-refractivity contribution in [1.82, 2.24) is 14.8 Å². The lowest BCUT2D eigenvalue weighted by Gasteiger charge is -2.20. The Morgan fingerprint density at radius 2 is 2.00 bits per heavy atom. The Labute approximate surface area is 82.5 Å². The number of aromatic nitrogens is 3. The van der Waals surface area contributed by atoms with E-state index in [2.05, 4.69) is 0 Å². The van der Waals surface area contributed by atoms with E-state index in [1.54, 1.807) is 0 Å². The molecular formula is C7H9N3O5. The summed E-state index contributed by atoms with van der Waals surface area (Å²) in [5.74, 6) is -1.24. The van der Waals surface area contributed by atoms with Gasteiger partial charge in [-0.05, 0) is 0 Å². The maximum Gasteiger partial charge on any atom is 0.345 e. The first-order valence-electron chi connectivity index (χ1n) is 4.29. The van der Waals surface area contributed by atoms with E-state index < -0.39 is 22.9 Å². The molecule has 0 bridgehead atoms. The number of carboxylic acid groups (broad SMARTS) is 1. The van der Waals surface area contributed by atoms with Crippen molar-refractivity contribution in [2.24, 2.45) is 0 Å². The van der Waals surface area contributed by atoms with Crippen molar-refractivity contribution in [1.29, 1.82) is 0 Å². The Hall–Kier alpha value is -1.83. The average Bonchev–Trinajstić information content (AvgIpc) is 2.74. The topological polar surface area (TPSA) is 117 Å². The second-order valence-electron chi connectivity index (χ2n) is 3.34. The van der Waals surface area contributed by atoms with Crippen LogP contribution in [0, 0.1) is 0 Å².